The maximum Gasteiger partial charge on any atom is 0.338 e. The van der Waals surface area contributed by atoms with Gasteiger partial charge in [-0.25, -0.2) is 19.2 Å². The van der Waals surface area contributed by atoms with Gasteiger partial charge >= 0.3 is 29.8 Å². The fourth-order valence-electron chi connectivity index (χ4n) is 7.10. The van der Waals surface area contributed by atoms with E-state index in [0.717, 1.165) is 10.5 Å². The van der Waals surface area contributed by atoms with Crippen LogP contribution in [0.5, 0.6) is 5.75 Å². The van der Waals surface area contributed by atoms with Crippen LogP contribution in [0.3, 0.4) is 0 Å². The lowest BCUT2D eigenvalue weighted by atomic mass is 9.94. The van der Waals surface area contributed by atoms with E-state index in [9.17, 15) is 24.0 Å². The van der Waals surface area contributed by atoms with Gasteiger partial charge in [0, 0.05) is 18.2 Å². The highest BCUT2D eigenvalue weighted by Gasteiger charge is 2.56. The van der Waals surface area contributed by atoms with E-state index >= 15 is 0 Å². The van der Waals surface area contributed by atoms with Gasteiger partial charge in [-0.1, -0.05) is 97.1 Å². The molecular formula is C52H46O12S. The van der Waals surface area contributed by atoms with E-state index in [2.05, 4.69) is 0 Å². The Kier molecular flexibility index (Phi) is 15.4. The zero-order chi connectivity index (χ0) is 45.7. The molecule has 0 bridgehead atoms. The van der Waals surface area contributed by atoms with Crippen LogP contribution in [0.2, 0.25) is 0 Å². The molecule has 6 atom stereocenters. The molecule has 0 amide bonds. The van der Waals surface area contributed by atoms with Crippen LogP contribution in [0, 0.1) is 0 Å². The monoisotopic (exact) mass is 894 g/mol. The van der Waals surface area contributed by atoms with Crippen LogP contribution in [-0.2, 0) is 46.2 Å². The molecule has 1 saturated heterocycles. The number of carbonyl (C=O) groups is 5. The first-order valence-corrected chi connectivity index (χ1v) is 22.0. The predicted octanol–water partition coefficient (Wildman–Crippen LogP) is 9.09. The van der Waals surface area contributed by atoms with Crippen molar-refractivity contribution in [2.45, 2.75) is 68.6 Å². The molecule has 7 rings (SSSR count). The first kappa shape index (κ1) is 45.8. The Morgan fingerprint density at radius 2 is 1.03 bits per heavy atom. The molecule has 65 heavy (non-hydrogen) atoms. The second-order valence-electron chi connectivity index (χ2n) is 15.0. The second-order valence-corrected chi connectivity index (χ2v) is 15.9. The molecule has 0 spiro atoms. The van der Waals surface area contributed by atoms with E-state index < -0.39 is 66.7 Å². The standard InChI is InChI=1S/C52H46O12S/c1-33(59-48(54)37-16-8-4-9-17-37)44-45(61-49(55)38-18-10-5-11-19-38)46(62-50(56)39-20-12-6-13-21-39)47(63-51(57)40-22-14-7-15-23-40)52(64-44)60-43-31-36(32-58-34(2)53)24-27-41(43)30-35-25-28-42(65-3)29-26-35/h4-29,31,33,44-47,52H,30,32H2,1-3H3/t33-,44-,45-,46+,47-,52-/m1/s1. The summed E-state index contributed by atoms with van der Waals surface area (Å²) in [7, 11) is 0. The SMILES string of the molecule is CSc1ccc(Cc2ccc(COC(C)=O)cc2O[C@@H]2O[C@H]([C@@H](C)OC(=O)c3ccccc3)[C@@H](OC(=O)c3ccccc3)[C@H](OC(=O)c3ccccc3)[C@H]2OC(=O)c2ccccc2)cc1. The highest BCUT2D eigenvalue weighted by molar-refractivity contribution is 7.98. The van der Waals surface area contributed by atoms with Crippen LogP contribution in [0.1, 0.15) is 72.0 Å². The maximum absolute atomic E-state index is 14.2. The molecule has 332 valence electrons. The molecular weight excluding hydrogens is 849 g/mol. The van der Waals surface area contributed by atoms with Crippen molar-refractivity contribution >= 4 is 41.6 Å². The molecule has 0 aliphatic carbocycles. The van der Waals surface area contributed by atoms with Crippen LogP contribution >= 0.6 is 11.8 Å². The minimum atomic E-state index is -1.64. The molecule has 0 N–H and O–H groups in total. The number of carbonyl (C=O) groups excluding carboxylic acids is 5. The first-order chi connectivity index (χ1) is 31.6. The fourth-order valence-corrected chi connectivity index (χ4v) is 7.50. The van der Waals surface area contributed by atoms with Crippen LogP contribution in [-0.4, -0.2) is 72.9 Å². The summed E-state index contributed by atoms with van der Waals surface area (Å²) in [6.45, 7) is 2.76. The first-order valence-electron chi connectivity index (χ1n) is 20.8. The summed E-state index contributed by atoms with van der Waals surface area (Å²) in [5.41, 5.74) is 2.87. The summed E-state index contributed by atoms with van der Waals surface area (Å²) in [5.74, 6) is -3.46. The van der Waals surface area contributed by atoms with Crippen molar-refractivity contribution in [3.8, 4) is 5.75 Å². The van der Waals surface area contributed by atoms with E-state index in [0.29, 0.717) is 17.5 Å². The van der Waals surface area contributed by atoms with E-state index in [4.69, 9.17) is 33.2 Å². The largest absolute Gasteiger partial charge is 0.461 e. The Labute approximate surface area is 380 Å². The lowest BCUT2D eigenvalue weighted by molar-refractivity contribution is -0.284. The fraction of sp³-hybridized carbons (Fsp3) is 0.212. The number of benzene rings is 6. The summed E-state index contributed by atoms with van der Waals surface area (Å²) in [6, 6.07) is 46.0. The van der Waals surface area contributed by atoms with E-state index in [1.165, 1.54) is 6.92 Å². The van der Waals surface area contributed by atoms with Crippen LogP contribution in [0.15, 0.2) is 169 Å². The van der Waals surface area contributed by atoms with Crippen LogP contribution in [0.4, 0.5) is 0 Å². The van der Waals surface area contributed by atoms with Crippen molar-refractivity contribution in [2.75, 3.05) is 6.26 Å². The van der Waals surface area contributed by atoms with Gasteiger partial charge in [0.1, 0.15) is 24.6 Å². The Balaban J connectivity index is 1.36. The third kappa shape index (κ3) is 12.1. The smallest absolute Gasteiger partial charge is 0.338 e. The summed E-state index contributed by atoms with van der Waals surface area (Å²) in [6.07, 6.45) is -6.73. The number of hydrogen-bond donors (Lipinski definition) is 0. The van der Waals surface area contributed by atoms with Crippen molar-refractivity contribution in [1.82, 2.24) is 0 Å². The third-order valence-electron chi connectivity index (χ3n) is 10.4. The lowest BCUT2D eigenvalue weighted by Gasteiger charge is -2.45. The molecule has 0 saturated carbocycles. The third-order valence-corrected chi connectivity index (χ3v) is 11.2. The second kappa shape index (κ2) is 21.9. The van der Waals surface area contributed by atoms with Gasteiger partial charge in [-0.05, 0) is 96.6 Å². The van der Waals surface area contributed by atoms with Crippen molar-refractivity contribution in [3.63, 3.8) is 0 Å². The molecule has 1 fully saturated rings. The van der Waals surface area contributed by atoms with Crippen molar-refractivity contribution < 1.29 is 57.1 Å². The Morgan fingerprint density at radius 3 is 1.52 bits per heavy atom. The lowest BCUT2D eigenvalue weighted by Crippen LogP contribution is -2.65. The summed E-state index contributed by atoms with van der Waals surface area (Å²) in [5, 5.41) is 0. The average molecular weight is 895 g/mol. The molecule has 0 radical (unpaired) electrons. The minimum absolute atomic E-state index is 0.0870. The quantitative estimate of drug-likeness (QED) is 0.0517. The number of rotatable bonds is 16. The summed E-state index contributed by atoms with van der Waals surface area (Å²) >= 11 is 1.61. The minimum Gasteiger partial charge on any atom is -0.461 e. The molecule has 1 heterocycles. The Bertz CT molecular complexity index is 2550. The average Bonchev–Trinajstić information content (AvgIpc) is 3.34. The number of hydrogen-bond acceptors (Lipinski definition) is 13. The molecule has 12 nitrogen and oxygen atoms in total. The summed E-state index contributed by atoms with van der Waals surface area (Å²) < 4.78 is 43.7. The molecule has 13 heteroatoms. The zero-order valence-electron chi connectivity index (χ0n) is 35.8. The maximum atomic E-state index is 14.2. The van der Waals surface area contributed by atoms with Crippen LogP contribution < -0.4 is 4.74 Å². The number of thioether (sulfide) groups is 1. The Hall–Kier alpha value is -7.22. The normalized spacial score (nSPS) is 18.3. The van der Waals surface area contributed by atoms with Gasteiger partial charge in [-0.3, -0.25) is 4.79 Å². The summed E-state index contributed by atoms with van der Waals surface area (Å²) in [4.78, 5) is 69.0. The number of esters is 5. The zero-order valence-corrected chi connectivity index (χ0v) is 36.6. The Morgan fingerprint density at radius 1 is 0.569 bits per heavy atom. The predicted molar refractivity (Wildman–Crippen MR) is 240 cm³/mol. The van der Waals surface area contributed by atoms with E-state index in [1.54, 1.807) is 152 Å². The van der Waals surface area contributed by atoms with Gasteiger partial charge in [-0.15, -0.1) is 11.8 Å². The highest BCUT2D eigenvalue weighted by atomic mass is 32.2. The van der Waals surface area contributed by atoms with Crippen molar-refractivity contribution in [2.24, 2.45) is 0 Å². The van der Waals surface area contributed by atoms with E-state index in [1.807, 2.05) is 36.6 Å². The molecule has 0 aromatic heterocycles. The molecule has 0 unspecified atom stereocenters. The molecule has 1 aliphatic rings. The van der Waals surface area contributed by atoms with Crippen LogP contribution in [0.25, 0.3) is 0 Å². The van der Waals surface area contributed by atoms with Gasteiger partial charge in [0.2, 0.25) is 12.4 Å². The van der Waals surface area contributed by atoms with Crippen molar-refractivity contribution in [1.29, 1.82) is 0 Å². The van der Waals surface area contributed by atoms with Crippen molar-refractivity contribution in [3.05, 3.63) is 203 Å². The van der Waals surface area contributed by atoms with Gasteiger partial charge in [-0.2, -0.15) is 0 Å². The molecule has 1 aliphatic heterocycles. The van der Waals surface area contributed by atoms with Gasteiger partial charge < -0.3 is 33.2 Å². The van der Waals surface area contributed by atoms with Gasteiger partial charge in [0.15, 0.2) is 12.2 Å². The molecule has 6 aromatic rings. The van der Waals surface area contributed by atoms with Gasteiger partial charge in [0.25, 0.3) is 0 Å². The van der Waals surface area contributed by atoms with Gasteiger partial charge in [0.05, 0.1) is 22.3 Å². The highest BCUT2D eigenvalue weighted by Crippen LogP contribution is 2.36. The van der Waals surface area contributed by atoms with E-state index in [-0.39, 0.29) is 34.6 Å². The topological polar surface area (TPSA) is 150 Å². The molecule has 6 aromatic carbocycles. The number of ether oxygens (including phenoxy) is 7.